The third-order valence-corrected chi connectivity index (χ3v) is 4.58. The van der Waals surface area contributed by atoms with Gasteiger partial charge in [-0.05, 0) is 56.8 Å². The Morgan fingerprint density at radius 1 is 1.28 bits per heavy atom. The summed E-state index contributed by atoms with van der Waals surface area (Å²) in [6.07, 6.45) is 3.32. The highest BCUT2D eigenvalue weighted by molar-refractivity contribution is 5.94. The molecule has 1 saturated heterocycles. The molecule has 0 bridgehead atoms. The van der Waals surface area contributed by atoms with E-state index >= 15 is 0 Å². The number of amides is 1. The van der Waals surface area contributed by atoms with E-state index in [0.717, 1.165) is 32.5 Å². The number of piperidine rings is 1. The van der Waals surface area contributed by atoms with Crippen molar-refractivity contribution in [2.45, 2.75) is 39.5 Å². The van der Waals surface area contributed by atoms with Crippen molar-refractivity contribution in [2.75, 3.05) is 26.2 Å². The summed E-state index contributed by atoms with van der Waals surface area (Å²) in [5.41, 5.74) is 0.852. The number of halogens is 1. The highest BCUT2D eigenvalue weighted by atomic mass is 35.5. The second-order valence-corrected chi connectivity index (χ2v) is 6.87. The number of ether oxygens (including phenoxy) is 1. The van der Waals surface area contributed by atoms with Gasteiger partial charge in [0, 0.05) is 18.5 Å². The highest BCUT2D eigenvalue weighted by Gasteiger charge is 2.26. The molecule has 0 aromatic heterocycles. The van der Waals surface area contributed by atoms with Gasteiger partial charge >= 0.3 is 0 Å². The quantitative estimate of drug-likeness (QED) is 0.546. The molecular weight excluding hydrogens is 340 g/mol. The third kappa shape index (κ3) is 7.45. The molecule has 2 N–H and O–H groups in total. The Kier molecular flexibility index (Phi) is 8.93. The summed E-state index contributed by atoms with van der Waals surface area (Å²) in [5.74, 6) is 0.771. The second-order valence-electron chi connectivity index (χ2n) is 6.87. The normalized spacial score (nSPS) is 15.8. The van der Waals surface area contributed by atoms with Crippen molar-refractivity contribution in [1.82, 2.24) is 10.6 Å². The zero-order valence-corrected chi connectivity index (χ0v) is 15.9. The molecule has 0 atom stereocenters. The molecule has 1 aromatic carbocycles. The van der Waals surface area contributed by atoms with E-state index in [0.29, 0.717) is 30.8 Å². The Bertz CT molecular complexity index is 572. The van der Waals surface area contributed by atoms with Gasteiger partial charge < -0.3 is 15.4 Å². The van der Waals surface area contributed by atoms with Crippen molar-refractivity contribution < 1.29 is 14.3 Å². The summed E-state index contributed by atoms with van der Waals surface area (Å²) in [4.78, 5) is 23.3. The van der Waals surface area contributed by atoms with E-state index in [1.807, 2.05) is 6.07 Å². The number of rotatable bonds is 8. The summed E-state index contributed by atoms with van der Waals surface area (Å²) in [5, 5.41) is 6.39. The van der Waals surface area contributed by atoms with Crippen molar-refractivity contribution in [2.24, 2.45) is 5.41 Å². The molecule has 0 radical (unpaired) electrons. The van der Waals surface area contributed by atoms with Crippen LogP contribution in [-0.4, -0.2) is 37.9 Å². The molecule has 2 rings (SSSR count). The van der Waals surface area contributed by atoms with Crippen LogP contribution in [0.25, 0.3) is 0 Å². The van der Waals surface area contributed by atoms with Gasteiger partial charge in [0.15, 0.2) is 5.78 Å². The number of hydrogen-bond donors (Lipinski definition) is 2. The van der Waals surface area contributed by atoms with Crippen molar-refractivity contribution in [3.8, 4) is 5.75 Å². The monoisotopic (exact) mass is 368 g/mol. The number of nitrogens with one attached hydrogen (secondary N) is 2. The van der Waals surface area contributed by atoms with Crippen LogP contribution in [0.4, 0.5) is 0 Å². The van der Waals surface area contributed by atoms with Crippen molar-refractivity contribution in [1.29, 1.82) is 0 Å². The van der Waals surface area contributed by atoms with Crippen LogP contribution in [0.1, 0.15) is 49.9 Å². The van der Waals surface area contributed by atoms with Gasteiger partial charge in [-0.3, -0.25) is 9.59 Å². The van der Waals surface area contributed by atoms with Crippen LogP contribution in [0.5, 0.6) is 5.75 Å². The minimum Gasteiger partial charge on any atom is -0.494 e. The molecule has 0 aliphatic carbocycles. The number of Topliss-reactive ketones (excluding diaryl/α,β-unsaturated/α-hetero) is 1. The number of carbonyl (C=O) groups is 2. The summed E-state index contributed by atoms with van der Waals surface area (Å²) in [7, 11) is 0. The zero-order valence-electron chi connectivity index (χ0n) is 15.1. The van der Waals surface area contributed by atoms with E-state index in [1.54, 1.807) is 18.2 Å². The lowest BCUT2D eigenvalue weighted by atomic mass is 9.81. The lowest BCUT2D eigenvalue weighted by molar-refractivity contribution is -0.121. The second kappa shape index (κ2) is 10.4. The first-order valence-electron chi connectivity index (χ1n) is 8.70. The summed E-state index contributed by atoms with van der Waals surface area (Å²) in [6.45, 7) is 7.04. The number of benzene rings is 1. The van der Waals surface area contributed by atoms with E-state index in [2.05, 4.69) is 17.6 Å². The summed E-state index contributed by atoms with van der Waals surface area (Å²) >= 11 is 0. The van der Waals surface area contributed by atoms with Gasteiger partial charge in [0.05, 0.1) is 6.61 Å². The average Bonchev–Trinajstić information content (AvgIpc) is 2.58. The van der Waals surface area contributed by atoms with E-state index < -0.39 is 0 Å². The Morgan fingerprint density at radius 3 is 2.68 bits per heavy atom. The molecule has 1 aromatic rings. The van der Waals surface area contributed by atoms with Crippen LogP contribution in [0.15, 0.2) is 24.3 Å². The van der Waals surface area contributed by atoms with E-state index in [-0.39, 0.29) is 29.5 Å². The first-order valence-corrected chi connectivity index (χ1v) is 8.70. The fraction of sp³-hybridized carbons (Fsp3) is 0.579. The molecule has 6 heteroatoms. The lowest BCUT2D eigenvalue weighted by Crippen LogP contribution is -2.42. The first kappa shape index (κ1) is 21.5. The minimum atomic E-state index is 0. The zero-order chi connectivity index (χ0) is 17.4. The lowest BCUT2D eigenvalue weighted by Gasteiger charge is -2.34. The van der Waals surface area contributed by atoms with E-state index in [1.165, 1.54) is 6.92 Å². The molecule has 5 nitrogen and oxygen atoms in total. The maximum absolute atomic E-state index is 12.0. The molecule has 140 valence electrons. The molecule has 1 heterocycles. The topological polar surface area (TPSA) is 67.4 Å². The van der Waals surface area contributed by atoms with Crippen LogP contribution in [-0.2, 0) is 4.79 Å². The van der Waals surface area contributed by atoms with Gasteiger partial charge in [-0.2, -0.15) is 0 Å². The Hall–Kier alpha value is -1.59. The molecule has 0 spiro atoms. The SMILES string of the molecule is CC(=O)c1cccc(OCCCC(=O)NCC2(C)CCNCC2)c1.Cl. The van der Waals surface area contributed by atoms with Gasteiger partial charge in [-0.15, -0.1) is 12.4 Å². The van der Waals surface area contributed by atoms with Crippen LogP contribution in [0.2, 0.25) is 0 Å². The van der Waals surface area contributed by atoms with Crippen LogP contribution < -0.4 is 15.4 Å². The summed E-state index contributed by atoms with van der Waals surface area (Å²) < 4.78 is 5.62. The Labute approximate surface area is 156 Å². The predicted molar refractivity (Wildman–Crippen MR) is 102 cm³/mol. The fourth-order valence-electron chi connectivity index (χ4n) is 2.84. The van der Waals surface area contributed by atoms with Gasteiger partial charge in [-0.25, -0.2) is 0 Å². The van der Waals surface area contributed by atoms with Crippen molar-refractivity contribution in [3.63, 3.8) is 0 Å². The molecule has 0 saturated carbocycles. The maximum Gasteiger partial charge on any atom is 0.220 e. The van der Waals surface area contributed by atoms with Gasteiger partial charge in [-0.1, -0.05) is 19.1 Å². The van der Waals surface area contributed by atoms with Crippen molar-refractivity contribution >= 4 is 24.1 Å². The molecule has 1 aliphatic rings. The largest absolute Gasteiger partial charge is 0.494 e. The molecule has 1 fully saturated rings. The smallest absolute Gasteiger partial charge is 0.220 e. The summed E-state index contributed by atoms with van der Waals surface area (Å²) in [6, 6.07) is 7.13. The Balaban J connectivity index is 0.00000312. The van der Waals surface area contributed by atoms with E-state index in [4.69, 9.17) is 4.74 Å². The highest BCUT2D eigenvalue weighted by Crippen LogP contribution is 2.26. The molecular formula is C19H29ClN2O3. The van der Waals surface area contributed by atoms with Crippen molar-refractivity contribution in [3.05, 3.63) is 29.8 Å². The molecule has 25 heavy (non-hydrogen) atoms. The number of carbonyl (C=O) groups excluding carboxylic acids is 2. The molecule has 1 amide bonds. The third-order valence-electron chi connectivity index (χ3n) is 4.58. The van der Waals surface area contributed by atoms with Gasteiger partial charge in [0.2, 0.25) is 5.91 Å². The predicted octanol–water partition coefficient (Wildman–Crippen LogP) is 2.98. The molecule has 0 unspecified atom stereocenters. The van der Waals surface area contributed by atoms with Gasteiger partial charge in [0.1, 0.15) is 5.75 Å². The standard InChI is InChI=1S/C19H28N2O3.ClH/c1-15(22)16-5-3-6-17(13-16)24-12-4-7-18(23)21-14-19(2)8-10-20-11-9-19;/h3,5-6,13,20H,4,7-12,14H2,1-2H3,(H,21,23);1H. The van der Waals surface area contributed by atoms with Gasteiger partial charge in [0.25, 0.3) is 0 Å². The van der Waals surface area contributed by atoms with Crippen LogP contribution in [0.3, 0.4) is 0 Å². The number of ketones is 1. The molecule has 1 aliphatic heterocycles. The van der Waals surface area contributed by atoms with E-state index in [9.17, 15) is 9.59 Å². The Morgan fingerprint density at radius 2 is 2.00 bits per heavy atom. The first-order chi connectivity index (χ1) is 11.5. The van der Waals surface area contributed by atoms with Crippen LogP contribution in [0, 0.1) is 5.41 Å². The fourth-order valence-corrected chi connectivity index (χ4v) is 2.84. The number of hydrogen-bond acceptors (Lipinski definition) is 4. The average molecular weight is 369 g/mol. The van der Waals surface area contributed by atoms with Crippen LogP contribution >= 0.6 is 12.4 Å². The maximum atomic E-state index is 12.0. The minimum absolute atomic E-state index is 0.